The lowest BCUT2D eigenvalue weighted by atomic mass is 10.3. The van der Waals surface area contributed by atoms with Crippen molar-refractivity contribution < 1.29 is 5.11 Å². The number of hydrogen-bond donors (Lipinski definition) is 1. The van der Waals surface area contributed by atoms with Gasteiger partial charge in [0.15, 0.2) is 5.65 Å². The molecule has 0 spiro atoms. The molecule has 0 radical (unpaired) electrons. The molecule has 0 aliphatic carbocycles. The molecule has 0 aliphatic heterocycles. The van der Waals surface area contributed by atoms with Crippen LogP contribution < -0.4 is 0 Å². The van der Waals surface area contributed by atoms with E-state index in [1.807, 2.05) is 19.0 Å². The highest BCUT2D eigenvalue weighted by Gasteiger charge is 2.12. The fraction of sp³-hybridized carbons (Fsp3) is 0.545. The molecule has 0 saturated heterocycles. The van der Waals surface area contributed by atoms with E-state index in [0.717, 1.165) is 11.0 Å². The number of halogens is 1. The van der Waals surface area contributed by atoms with Crippen LogP contribution in [0.4, 0.5) is 0 Å². The Morgan fingerprint density at radius 3 is 2.89 bits per heavy atom. The normalized spacial score (nSPS) is 13.4. The molecule has 2 rings (SSSR count). The van der Waals surface area contributed by atoms with Gasteiger partial charge in [0.2, 0.25) is 0 Å². The van der Waals surface area contributed by atoms with Crippen molar-refractivity contribution in [1.82, 2.24) is 24.6 Å². The molecule has 2 aromatic rings. The first kappa shape index (κ1) is 13.2. The predicted octanol–water partition coefficient (Wildman–Crippen LogP) is 0.829. The predicted molar refractivity (Wildman–Crippen MR) is 69.3 cm³/mol. The smallest absolute Gasteiger partial charge is 0.162 e. The fourth-order valence-electron chi connectivity index (χ4n) is 1.86. The van der Waals surface area contributed by atoms with E-state index in [1.54, 1.807) is 17.8 Å². The molecular formula is C11H16ClN5O. The summed E-state index contributed by atoms with van der Waals surface area (Å²) in [4.78, 5) is 10.6. The van der Waals surface area contributed by atoms with E-state index in [-0.39, 0.29) is 6.10 Å². The summed E-state index contributed by atoms with van der Waals surface area (Å²) in [5.41, 5.74) is 0.718. The maximum absolute atomic E-state index is 9.32. The van der Waals surface area contributed by atoms with Gasteiger partial charge >= 0.3 is 0 Å². The Balaban J connectivity index is 2.26. The third kappa shape index (κ3) is 2.77. The van der Waals surface area contributed by atoms with Crippen molar-refractivity contribution in [2.75, 3.05) is 13.6 Å². The molecule has 1 N–H and O–H groups in total. The van der Waals surface area contributed by atoms with Crippen molar-refractivity contribution in [3.63, 3.8) is 0 Å². The number of hydrogen-bond acceptors (Lipinski definition) is 5. The van der Waals surface area contributed by atoms with Gasteiger partial charge in [-0.3, -0.25) is 9.58 Å². The van der Waals surface area contributed by atoms with Crippen LogP contribution in [-0.4, -0.2) is 49.5 Å². The minimum absolute atomic E-state index is 0.383. The Labute approximate surface area is 110 Å². The number of rotatable bonds is 4. The molecule has 0 fully saturated rings. The van der Waals surface area contributed by atoms with Crippen molar-refractivity contribution in [1.29, 1.82) is 0 Å². The Bertz CT molecular complexity index is 554. The van der Waals surface area contributed by atoms with E-state index in [0.29, 0.717) is 24.1 Å². The molecule has 0 amide bonds. The van der Waals surface area contributed by atoms with Crippen molar-refractivity contribution in [2.45, 2.75) is 19.6 Å². The average Bonchev–Trinajstić information content (AvgIpc) is 2.59. The van der Waals surface area contributed by atoms with Gasteiger partial charge in [-0.05, 0) is 14.0 Å². The SMILES string of the molecule is CC(O)CN(C)Cc1nc(Cl)c2cnn(C)c2n1. The number of nitrogens with zero attached hydrogens (tertiary/aromatic N) is 5. The van der Waals surface area contributed by atoms with E-state index in [9.17, 15) is 5.11 Å². The minimum Gasteiger partial charge on any atom is -0.392 e. The molecule has 7 heteroatoms. The highest BCUT2D eigenvalue weighted by Crippen LogP contribution is 2.19. The summed E-state index contributed by atoms with van der Waals surface area (Å²) in [6.45, 7) is 2.84. The third-order valence-electron chi connectivity index (χ3n) is 2.58. The molecule has 0 saturated carbocycles. The zero-order chi connectivity index (χ0) is 13.3. The summed E-state index contributed by atoms with van der Waals surface area (Å²) >= 11 is 6.09. The molecular weight excluding hydrogens is 254 g/mol. The Morgan fingerprint density at radius 2 is 2.22 bits per heavy atom. The fourth-order valence-corrected chi connectivity index (χ4v) is 2.09. The third-order valence-corrected chi connectivity index (χ3v) is 2.87. The van der Waals surface area contributed by atoms with E-state index in [1.165, 1.54) is 0 Å². The van der Waals surface area contributed by atoms with Gasteiger partial charge in [0.25, 0.3) is 0 Å². The number of fused-ring (bicyclic) bond motifs is 1. The molecule has 1 unspecified atom stereocenters. The van der Waals surface area contributed by atoms with Crippen LogP contribution >= 0.6 is 11.6 Å². The molecule has 18 heavy (non-hydrogen) atoms. The summed E-state index contributed by atoms with van der Waals surface area (Å²) in [7, 11) is 3.71. The Hall–Kier alpha value is -1.24. The van der Waals surface area contributed by atoms with Crippen LogP contribution in [0.25, 0.3) is 11.0 Å². The van der Waals surface area contributed by atoms with Crippen LogP contribution in [0.1, 0.15) is 12.7 Å². The van der Waals surface area contributed by atoms with Crippen LogP contribution in [0.2, 0.25) is 5.15 Å². The average molecular weight is 270 g/mol. The number of aromatic nitrogens is 4. The largest absolute Gasteiger partial charge is 0.392 e. The second kappa shape index (κ2) is 5.17. The second-order valence-electron chi connectivity index (χ2n) is 4.48. The molecule has 1 atom stereocenters. The van der Waals surface area contributed by atoms with Crippen molar-refractivity contribution >= 4 is 22.6 Å². The molecule has 98 valence electrons. The number of aryl methyl sites for hydroxylation is 1. The Morgan fingerprint density at radius 1 is 1.50 bits per heavy atom. The van der Waals surface area contributed by atoms with Crippen LogP contribution in [0.15, 0.2) is 6.20 Å². The van der Waals surface area contributed by atoms with E-state index in [2.05, 4.69) is 15.1 Å². The van der Waals surface area contributed by atoms with Crippen molar-refractivity contribution in [3.8, 4) is 0 Å². The van der Waals surface area contributed by atoms with Crippen LogP contribution in [-0.2, 0) is 13.6 Å². The quantitative estimate of drug-likeness (QED) is 0.833. The van der Waals surface area contributed by atoms with Gasteiger partial charge in [-0.25, -0.2) is 9.97 Å². The number of aliphatic hydroxyl groups is 1. The summed E-state index contributed by atoms with van der Waals surface area (Å²) in [6.07, 6.45) is 1.27. The summed E-state index contributed by atoms with van der Waals surface area (Å²) in [5.74, 6) is 0.624. The van der Waals surface area contributed by atoms with Gasteiger partial charge in [-0.2, -0.15) is 5.10 Å². The molecule has 0 aliphatic rings. The Kier molecular flexibility index (Phi) is 3.79. The lowest BCUT2D eigenvalue weighted by Crippen LogP contribution is -2.27. The van der Waals surface area contributed by atoms with Crippen molar-refractivity contribution in [3.05, 3.63) is 17.2 Å². The lowest BCUT2D eigenvalue weighted by Gasteiger charge is -2.17. The van der Waals surface area contributed by atoms with Gasteiger partial charge in [0.05, 0.1) is 24.2 Å². The standard InChI is InChI=1S/C11H16ClN5O/c1-7(18)5-16(2)6-9-14-10(12)8-4-13-17(3)11(8)15-9/h4,7,18H,5-6H2,1-3H3. The minimum atomic E-state index is -0.383. The van der Waals surface area contributed by atoms with E-state index < -0.39 is 0 Å². The summed E-state index contributed by atoms with van der Waals surface area (Å²) < 4.78 is 1.67. The van der Waals surface area contributed by atoms with Gasteiger partial charge < -0.3 is 5.11 Å². The highest BCUT2D eigenvalue weighted by molar-refractivity contribution is 6.33. The van der Waals surface area contributed by atoms with Crippen LogP contribution in [0.3, 0.4) is 0 Å². The van der Waals surface area contributed by atoms with Crippen LogP contribution in [0, 0.1) is 0 Å². The molecule has 6 nitrogen and oxygen atoms in total. The monoisotopic (exact) mass is 269 g/mol. The number of aliphatic hydroxyl groups excluding tert-OH is 1. The summed E-state index contributed by atoms with van der Waals surface area (Å²) in [6, 6.07) is 0. The van der Waals surface area contributed by atoms with E-state index >= 15 is 0 Å². The first-order chi connectivity index (χ1) is 8.47. The zero-order valence-corrected chi connectivity index (χ0v) is 11.4. The second-order valence-corrected chi connectivity index (χ2v) is 4.84. The highest BCUT2D eigenvalue weighted by atomic mass is 35.5. The zero-order valence-electron chi connectivity index (χ0n) is 10.6. The first-order valence-corrected chi connectivity index (χ1v) is 6.06. The lowest BCUT2D eigenvalue weighted by molar-refractivity contribution is 0.137. The molecule has 0 bridgehead atoms. The van der Waals surface area contributed by atoms with Gasteiger partial charge in [-0.15, -0.1) is 0 Å². The van der Waals surface area contributed by atoms with Crippen LogP contribution in [0.5, 0.6) is 0 Å². The van der Waals surface area contributed by atoms with Gasteiger partial charge in [0.1, 0.15) is 11.0 Å². The molecule has 2 aromatic heterocycles. The van der Waals surface area contributed by atoms with E-state index in [4.69, 9.17) is 11.6 Å². The first-order valence-electron chi connectivity index (χ1n) is 5.68. The van der Waals surface area contributed by atoms with Gasteiger partial charge in [-0.1, -0.05) is 11.6 Å². The maximum atomic E-state index is 9.32. The molecule has 2 heterocycles. The summed E-state index contributed by atoms with van der Waals surface area (Å²) in [5, 5.41) is 14.6. The van der Waals surface area contributed by atoms with Gasteiger partial charge in [0, 0.05) is 13.6 Å². The molecule has 0 aromatic carbocycles. The number of likely N-dealkylation sites (N-methyl/N-ethyl adjacent to an activating group) is 1. The topological polar surface area (TPSA) is 67.1 Å². The maximum Gasteiger partial charge on any atom is 0.162 e. The van der Waals surface area contributed by atoms with Crippen molar-refractivity contribution in [2.24, 2.45) is 7.05 Å².